The molecule has 1 unspecified atom stereocenters. The predicted octanol–water partition coefficient (Wildman–Crippen LogP) is 2.63. The summed E-state index contributed by atoms with van der Waals surface area (Å²) in [7, 11) is -4.17. The first kappa shape index (κ1) is 22.8. The Balaban J connectivity index is 1.64. The number of aryl methyl sites for hydroxylation is 1. The number of hydrogen-bond acceptors (Lipinski definition) is 6. The molecule has 12 heteroatoms. The van der Waals surface area contributed by atoms with Crippen LogP contribution in [-0.4, -0.2) is 51.3 Å². The highest BCUT2D eigenvalue weighted by molar-refractivity contribution is 7.89. The standard InChI is InChI=1S/C20H23ClN6O3S2/c1-15-4-8-26(9-5-15)18(28)20(21,6-10-25-7-2-3-16(25)13-22)24-32(29,30)17-14-23-19-27(17)11-12-31-19/h2-3,7,11-12,14-15,24H,4-6,8-10H2,1H3. The van der Waals surface area contributed by atoms with Crippen molar-refractivity contribution < 1.29 is 13.2 Å². The van der Waals surface area contributed by atoms with E-state index in [2.05, 4.69) is 22.7 Å². The SMILES string of the molecule is CC1CCN(C(=O)C(Cl)(CCn2cccc2C#N)NS(=O)(=O)c2cnc3sccn23)CC1. The molecule has 1 aliphatic heterocycles. The van der Waals surface area contributed by atoms with Gasteiger partial charge in [0, 0.05) is 43.8 Å². The van der Waals surface area contributed by atoms with Gasteiger partial charge >= 0.3 is 0 Å². The van der Waals surface area contributed by atoms with Crippen LogP contribution in [0.1, 0.15) is 31.9 Å². The number of halogens is 1. The molecule has 0 aromatic carbocycles. The van der Waals surface area contributed by atoms with Gasteiger partial charge in [-0.2, -0.15) is 9.98 Å². The number of nitrogens with zero attached hydrogens (tertiary/aromatic N) is 5. The van der Waals surface area contributed by atoms with Crippen molar-refractivity contribution in [2.24, 2.45) is 5.92 Å². The van der Waals surface area contributed by atoms with Gasteiger partial charge in [0.15, 0.2) is 15.0 Å². The molecule has 0 spiro atoms. The quantitative estimate of drug-likeness (QED) is 0.400. The highest BCUT2D eigenvalue weighted by Crippen LogP contribution is 2.28. The number of amides is 1. The molecule has 170 valence electrons. The maximum atomic E-state index is 13.5. The fourth-order valence-electron chi connectivity index (χ4n) is 3.82. The second-order valence-corrected chi connectivity index (χ2v) is 11.1. The topological polar surface area (TPSA) is 112 Å². The molecule has 0 radical (unpaired) electrons. The number of carbonyl (C=O) groups excluding carboxylic acids is 1. The van der Waals surface area contributed by atoms with Crippen molar-refractivity contribution in [2.45, 2.75) is 42.8 Å². The number of carbonyl (C=O) groups is 1. The zero-order valence-electron chi connectivity index (χ0n) is 17.4. The van der Waals surface area contributed by atoms with Crippen LogP contribution < -0.4 is 4.72 Å². The molecule has 32 heavy (non-hydrogen) atoms. The first-order chi connectivity index (χ1) is 15.2. The molecule has 0 bridgehead atoms. The molecule has 4 heterocycles. The van der Waals surface area contributed by atoms with E-state index in [9.17, 15) is 18.5 Å². The number of nitrogens with one attached hydrogen (secondary N) is 1. The van der Waals surface area contributed by atoms with E-state index >= 15 is 0 Å². The molecule has 1 amide bonds. The Bertz CT molecular complexity index is 1270. The number of imidazole rings is 1. The zero-order chi connectivity index (χ0) is 22.9. The smallest absolute Gasteiger partial charge is 0.260 e. The third kappa shape index (κ3) is 4.41. The van der Waals surface area contributed by atoms with Crippen molar-refractivity contribution in [1.29, 1.82) is 5.26 Å². The molecular formula is C20H23ClN6O3S2. The summed E-state index contributed by atoms with van der Waals surface area (Å²) in [5.41, 5.74) is 0.405. The number of rotatable bonds is 7. The van der Waals surface area contributed by atoms with Gasteiger partial charge in [-0.1, -0.05) is 18.5 Å². The van der Waals surface area contributed by atoms with Crippen LogP contribution in [0.15, 0.2) is 41.1 Å². The van der Waals surface area contributed by atoms with Gasteiger partial charge in [-0.25, -0.2) is 13.4 Å². The largest absolute Gasteiger partial charge is 0.340 e. The Labute approximate surface area is 195 Å². The van der Waals surface area contributed by atoms with E-state index in [1.54, 1.807) is 39.4 Å². The zero-order valence-corrected chi connectivity index (χ0v) is 19.8. The average molecular weight is 495 g/mol. The van der Waals surface area contributed by atoms with E-state index in [1.165, 1.54) is 21.9 Å². The van der Waals surface area contributed by atoms with Gasteiger partial charge in [0.2, 0.25) is 0 Å². The van der Waals surface area contributed by atoms with E-state index in [-0.39, 0.29) is 18.0 Å². The molecule has 1 saturated heterocycles. The maximum absolute atomic E-state index is 13.5. The number of likely N-dealkylation sites (tertiary alicyclic amines) is 1. The molecule has 3 aromatic rings. The van der Waals surface area contributed by atoms with Crippen LogP contribution in [0.4, 0.5) is 0 Å². The van der Waals surface area contributed by atoms with Crippen LogP contribution in [-0.2, 0) is 21.4 Å². The second kappa shape index (κ2) is 8.86. The van der Waals surface area contributed by atoms with Crippen LogP contribution >= 0.6 is 22.9 Å². The summed E-state index contributed by atoms with van der Waals surface area (Å²) < 4.78 is 32.1. The highest BCUT2D eigenvalue weighted by atomic mass is 35.5. The molecule has 1 N–H and O–H groups in total. The molecule has 9 nitrogen and oxygen atoms in total. The van der Waals surface area contributed by atoms with Gasteiger partial charge in [0.25, 0.3) is 15.9 Å². The molecule has 3 aromatic heterocycles. The van der Waals surface area contributed by atoms with Gasteiger partial charge in [0.05, 0.1) is 6.20 Å². The number of thiazole rings is 1. The van der Waals surface area contributed by atoms with Crippen molar-refractivity contribution in [3.63, 3.8) is 0 Å². The van der Waals surface area contributed by atoms with Crippen molar-refractivity contribution in [3.05, 3.63) is 41.8 Å². The van der Waals surface area contributed by atoms with Crippen LogP contribution in [0.5, 0.6) is 0 Å². The monoisotopic (exact) mass is 494 g/mol. The summed E-state index contributed by atoms with van der Waals surface area (Å²) in [6.45, 7) is 3.35. The normalized spacial score (nSPS) is 17.3. The molecule has 1 atom stereocenters. The lowest BCUT2D eigenvalue weighted by molar-refractivity contribution is -0.136. The number of fused-ring (bicyclic) bond motifs is 1. The fourth-order valence-corrected chi connectivity index (χ4v) is 6.39. The fraction of sp³-hybridized carbons (Fsp3) is 0.450. The number of alkyl halides is 1. The Kier molecular flexibility index (Phi) is 6.31. The third-order valence-corrected chi connectivity index (χ3v) is 8.53. The summed E-state index contributed by atoms with van der Waals surface area (Å²) in [6.07, 6.45) is 6.18. The number of aromatic nitrogens is 3. The van der Waals surface area contributed by atoms with Crippen molar-refractivity contribution >= 4 is 43.8 Å². The Morgan fingerprint density at radius 1 is 1.41 bits per heavy atom. The third-order valence-electron chi connectivity index (χ3n) is 5.73. The number of nitriles is 1. The first-order valence-corrected chi connectivity index (χ1v) is 13.0. The van der Waals surface area contributed by atoms with Gasteiger partial charge < -0.3 is 9.47 Å². The van der Waals surface area contributed by atoms with E-state index < -0.39 is 20.9 Å². The molecule has 4 rings (SSSR count). The second-order valence-electron chi connectivity index (χ2n) is 7.98. The summed E-state index contributed by atoms with van der Waals surface area (Å²) in [5, 5.41) is 10.9. The summed E-state index contributed by atoms with van der Waals surface area (Å²) in [5.74, 6) is 0.0172. The lowest BCUT2D eigenvalue weighted by atomic mass is 9.98. The Hall–Kier alpha value is -2.39. The van der Waals surface area contributed by atoms with E-state index in [0.717, 1.165) is 12.8 Å². The molecule has 0 aliphatic carbocycles. The van der Waals surface area contributed by atoms with Gasteiger partial charge in [0.1, 0.15) is 11.8 Å². The minimum absolute atomic E-state index is 0.0341. The van der Waals surface area contributed by atoms with E-state index in [0.29, 0.717) is 29.7 Å². The minimum Gasteiger partial charge on any atom is -0.340 e. The van der Waals surface area contributed by atoms with E-state index in [4.69, 9.17) is 11.6 Å². The summed E-state index contributed by atoms with van der Waals surface area (Å²) in [6, 6.07) is 5.43. The number of hydrogen-bond donors (Lipinski definition) is 1. The van der Waals surface area contributed by atoms with Crippen LogP contribution in [0, 0.1) is 17.2 Å². The maximum Gasteiger partial charge on any atom is 0.260 e. The molecule has 1 fully saturated rings. The highest BCUT2D eigenvalue weighted by Gasteiger charge is 2.44. The molecule has 0 saturated carbocycles. The lowest BCUT2D eigenvalue weighted by Crippen LogP contribution is -2.57. The van der Waals surface area contributed by atoms with Crippen LogP contribution in [0.25, 0.3) is 4.96 Å². The molecule has 1 aliphatic rings. The lowest BCUT2D eigenvalue weighted by Gasteiger charge is -2.36. The van der Waals surface area contributed by atoms with Gasteiger partial charge in [-0.15, -0.1) is 11.3 Å². The summed E-state index contributed by atoms with van der Waals surface area (Å²) in [4.78, 5) is 17.8. The predicted molar refractivity (Wildman–Crippen MR) is 121 cm³/mol. The Morgan fingerprint density at radius 2 is 2.16 bits per heavy atom. The van der Waals surface area contributed by atoms with Crippen molar-refractivity contribution in [3.8, 4) is 6.07 Å². The van der Waals surface area contributed by atoms with E-state index in [1.807, 2.05) is 0 Å². The minimum atomic E-state index is -4.17. The van der Waals surface area contributed by atoms with Gasteiger partial charge in [-0.3, -0.25) is 9.20 Å². The Morgan fingerprint density at radius 3 is 2.88 bits per heavy atom. The van der Waals surface area contributed by atoms with Crippen LogP contribution in [0.3, 0.4) is 0 Å². The van der Waals surface area contributed by atoms with Crippen molar-refractivity contribution in [2.75, 3.05) is 13.1 Å². The van der Waals surface area contributed by atoms with Crippen molar-refractivity contribution in [1.82, 2.24) is 23.6 Å². The average Bonchev–Trinajstić information content (AvgIpc) is 3.48. The van der Waals surface area contributed by atoms with Gasteiger partial charge in [-0.05, 0) is 30.9 Å². The summed E-state index contributed by atoms with van der Waals surface area (Å²) >= 11 is 8.10. The first-order valence-electron chi connectivity index (χ1n) is 10.2. The number of sulfonamides is 1. The molecular weight excluding hydrogens is 472 g/mol. The van der Waals surface area contributed by atoms with Crippen LogP contribution in [0.2, 0.25) is 0 Å². The number of piperidine rings is 1.